The Bertz CT molecular complexity index is 625. The summed E-state index contributed by atoms with van der Waals surface area (Å²) in [6, 6.07) is 3.72. The van der Waals surface area contributed by atoms with Crippen LogP contribution in [0.1, 0.15) is 38.7 Å². The number of hydrogen-bond donors (Lipinski definition) is 1. The predicted octanol–water partition coefficient (Wildman–Crippen LogP) is 3.84. The average molecular weight is 349 g/mol. The normalized spacial score (nSPS) is 11.9. The van der Waals surface area contributed by atoms with Gasteiger partial charge in [0.05, 0.1) is 6.21 Å². The molecule has 0 aliphatic carbocycles. The molecule has 0 saturated heterocycles. The minimum absolute atomic E-state index is 0.400. The van der Waals surface area contributed by atoms with Gasteiger partial charge in [0.25, 0.3) is 0 Å². The number of rotatable bonds is 5. The number of carbonyl (C=O) groups is 1. The van der Waals surface area contributed by atoms with Gasteiger partial charge < -0.3 is 14.5 Å². The molecule has 1 rings (SSSR count). The van der Waals surface area contributed by atoms with E-state index in [9.17, 15) is 4.79 Å². The molecule has 0 saturated carbocycles. The lowest BCUT2D eigenvalue weighted by Gasteiger charge is -2.19. The number of alkyl carbamates (subject to hydrolysis) is 1. The van der Waals surface area contributed by atoms with Gasteiger partial charge in [0, 0.05) is 13.1 Å². The van der Waals surface area contributed by atoms with Crippen molar-refractivity contribution in [2.45, 2.75) is 52.4 Å². The van der Waals surface area contributed by atoms with E-state index in [0.717, 1.165) is 6.42 Å². The monoisotopic (exact) mass is 348 g/mol. The molecule has 24 heavy (non-hydrogen) atoms. The predicted molar refractivity (Wildman–Crippen MR) is 100 cm³/mol. The Morgan fingerprint density at radius 2 is 2.08 bits per heavy atom. The second kappa shape index (κ2) is 8.74. The molecule has 1 aromatic rings. The molecule has 0 aromatic carbocycles. The van der Waals surface area contributed by atoms with Crippen molar-refractivity contribution < 1.29 is 13.9 Å². The van der Waals surface area contributed by atoms with Crippen LogP contribution in [0.2, 0.25) is 19.6 Å². The van der Waals surface area contributed by atoms with Crippen LogP contribution >= 0.6 is 0 Å². The SMILES string of the molecule is CC(C)(C)OC(=O)NCCCN=Cc1ccc(C#C[Si](C)(C)C)o1. The van der Waals surface area contributed by atoms with Crippen molar-refractivity contribution in [3.8, 4) is 11.5 Å². The third-order valence-corrected chi connectivity index (χ3v) is 3.41. The number of nitrogens with zero attached hydrogens (tertiary/aromatic N) is 1. The zero-order valence-electron chi connectivity index (χ0n) is 15.5. The number of nitrogens with one attached hydrogen (secondary N) is 1. The average Bonchev–Trinajstić information content (AvgIpc) is 2.85. The lowest BCUT2D eigenvalue weighted by molar-refractivity contribution is 0.0527. The molecule has 0 spiro atoms. The Hall–Kier alpha value is -2.00. The third kappa shape index (κ3) is 9.90. The Morgan fingerprint density at radius 1 is 1.38 bits per heavy atom. The lowest BCUT2D eigenvalue weighted by atomic mass is 10.2. The molecular weight excluding hydrogens is 320 g/mol. The lowest BCUT2D eigenvalue weighted by Crippen LogP contribution is -2.33. The van der Waals surface area contributed by atoms with Crippen molar-refractivity contribution >= 4 is 20.4 Å². The molecule has 0 aliphatic heterocycles. The van der Waals surface area contributed by atoms with Gasteiger partial charge in [-0.05, 0) is 45.2 Å². The third-order valence-electron chi connectivity index (χ3n) is 2.54. The summed E-state index contributed by atoms with van der Waals surface area (Å²) >= 11 is 0. The molecule has 0 atom stereocenters. The highest BCUT2D eigenvalue weighted by atomic mass is 28.3. The molecule has 1 amide bonds. The number of furan rings is 1. The Labute approximate surface area is 145 Å². The summed E-state index contributed by atoms with van der Waals surface area (Å²) in [7, 11) is -1.40. The van der Waals surface area contributed by atoms with Crippen LogP contribution in [0.5, 0.6) is 0 Å². The summed E-state index contributed by atoms with van der Waals surface area (Å²) in [5.41, 5.74) is 2.79. The maximum Gasteiger partial charge on any atom is 0.407 e. The summed E-state index contributed by atoms with van der Waals surface area (Å²) < 4.78 is 10.7. The largest absolute Gasteiger partial charge is 0.447 e. The van der Waals surface area contributed by atoms with E-state index in [2.05, 4.69) is 41.4 Å². The molecule has 0 aliphatic rings. The molecule has 0 fully saturated rings. The summed E-state index contributed by atoms with van der Waals surface area (Å²) in [6.45, 7) is 13.2. The van der Waals surface area contributed by atoms with Crippen molar-refractivity contribution in [1.29, 1.82) is 0 Å². The fourth-order valence-corrected chi connectivity index (χ4v) is 2.07. The van der Waals surface area contributed by atoms with Gasteiger partial charge in [-0.3, -0.25) is 4.99 Å². The van der Waals surface area contributed by atoms with Gasteiger partial charge in [-0.2, -0.15) is 0 Å². The van der Waals surface area contributed by atoms with Crippen molar-refractivity contribution in [2.75, 3.05) is 13.1 Å². The van der Waals surface area contributed by atoms with Crippen molar-refractivity contribution in [1.82, 2.24) is 5.32 Å². The highest BCUT2D eigenvalue weighted by molar-refractivity contribution is 6.83. The standard InChI is InChI=1S/C18H28N2O3Si/c1-18(2,3)23-17(21)20-12-7-11-19-14-16-9-8-15(22-16)10-13-24(4,5)6/h8-9,14H,7,11-12H2,1-6H3,(H,20,21). The number of carbonyl (C=O) groups excluding carboxylic acids is 1. The van der Waals surface area contributed by atoms with Crippen LogP contribution in [0.25, 0.3) is 0 Å². The first-order valence-corrected chi connectivity index (χ1v) is 11.6. The fourth-order valence-electron chi connectivity index (χ4n) is 1.57. The van der Waals surface area contributed by atoms with Gasteiger partial charge in [0.15, 0.2) is 5.76 Å². The van der Waals surface area contributed by atoms with E-state index in [0.29, 0.717) is 24.6 Å². The van der Waals surface area contributed by atoms with E-state index in [4.69, 9.17) is 9.15 Å². The summed E-state index contributed by atoms with van der Waals surface area (Å²) in [6.07, 6.45) is 2.02. The minimum atomic E-state index is -1.40. The van der Waals surface area contributed by atoms with Crippen LogP contribution in [-0.2, 0) is 4.74 Å². The number of hydrogen-bond acceptors (Lipinski definition) is 4. The van der Waals surface area contributed by atoms with Gasteiger partial charge >= 0.3 is 6.09 Å². The molecule has 1 heterocycles. The van der Waals surface area contributed by atoms with E-state index in [1.54, 1.807) is 6.21 Å². The van der Waals surface area contributed by atoms with Crippen LogP contribution in [0.15, 0.2) is 21.5 Å². The maximum atomic E-state index is 11.5. The van der Waals surface area contributed by atoms with E-state index in [1.165, 1.54) is 0 Å². The molecule has 1 aromatic heterocycles. The van der Waals surface area contributed by atoms with Crippen molar-refractivity contribution in [3.63, 3.8) is 0 Å². The Kier molecular flexibility index (Phi) is 7.30. The molecule has 1 N–H and O–H groups in total. The van der Waals surface area contributed by atoms with E-state index in [1.807, 2.05) is 32.9 Å². The second-order valence-electron chi connectivity index (χ2n) is 7.52. The van der Waals surface area contributed by atoms with Crippen LogP contribution in [0, 0.1) is 11.5 Å². The van der Waals surface area contributed by atoms with Crippen molar-refractivity contribution in [2.24, 2.45) is 4.99 Å². The Balaban J connectivity index is 2.30. The highest BCUT2D eigenvalue weighted by Gasteiger charge is 2.15. The van der Waals surface area contributed by atoms with Crippen LogP contribution in [-0.4, -0.2) is 39.1 Å². The second-order valence-corrected chi connectivity index (χ2v) is 12.3. The minimum Gasteiger partial charge on any atom is -0.447 e. The van der Waals surface area contributed by atoms with Gasteiger partial charge in [0.2, 0.25) is 0 Å². The number of aliphatic imine (C=N–C) groups is 1. The van der Waals surface area contributed by atoms with Crippen LogP contribution < -0.4 is 5.32 Å². The topological polar surface area (TPSA) is 63.8 Å². The first-order chi connectivity index (χ1) is 11.1. The zero-order chi connectivity index (χ0) is 18.2. The number of amides is 1. The van der Waals surface area contributed by atoms with Gasteiger partial charge in [-0.15, -0.1) is 5.54 Å². The van der Waals surface area contributed by atoms with E-state index >= 15 is 0 Å². The molecule has 0 bridgehead atoms. The van der Waals surface area contributed by atoms with Gasteiger partial charge in [0.1, 0.15) is 19.4 Å². The molecule has 5 nitrogen and oxygen atoms in total. The van der Waals surface area contributed by atoms with Gasteiger partial charge in [-0.25, -0.2) is 4.79 Å². The molecular formula is C18H28N2O3Si. The summed E-state index contributed by atoms with van der Waals surface area (Å²) in [5.74, 6) is 4.43. The van der Waals surface area contributed by atoms with Gasteiger partial charge in [-0.1, -0.05) is 19.6 Å². The van der Waals surface area contributed by atoms with Crippen LogP contribution in [0.3, 0.4) is 0 Å². The highest BCUT2D eigenvalue weighted by Crippen LogP contribution is 2.07. The Morgan fingerprint density at radius 3 is 2.71 bits per heavy atom. The quantitative estimate of drug-likeness (QED) is 0.380. The van der Waals surface area contributed by atoms with E-state index in [-0.39, 0.29) is 0 Å². The summed E-state index contributed by atoms with van der Waals surface area (Å²) in [5, 5.41) is 2.70. The first-order valence-electron chi connectivity index (χ1n) is 8.15. The van der Waals surface area contributed by atoms with Crippen molar-refractivity contribution in [3.05, 3.63) is 23.7 Å². The zero-order valence-corrected chi connectivity index (χ0v) is 16.5. The first kappa shape index (κ1) is 20.0. The molecule has 0 unspecified atom stereocenters. The summed E-state index contributed by atoms with van der Waals surface area (Å²) in [4.78, 5) is 15.7. The number of ether oxygens (including phenoxy) is 1. The van der Waals surface area contributed by atoms with Crippen LogP contribution in [0.4, 0.5) is 4.79 Å². The molecule has 132 valence electrons. The fraction of sp³-hybridized carbons (Fsp3) is 0.556. The smallest absolute Gasteiger partial charge is 0.407 e. The van der Waals surface area contributed by atoms with E-state index < -0.39 is 19.8 Å². The molecule has 0 radical (unpaired) electrons. The molecule has 6 heteroatoms. The maximum absolute atomic E-state index is 11.5.